The first-order valence-electron chi connectivity index (χ1n) is 10.7. The lowest BCUT2D eigenvalue weighted by atomic mass is 10.2. The fraction of sp³-hybridized carbons (Fsp3) is 0.565. The quantitative estimate of drug-likeness (QED) is 0.667. The van der Waals surface area contributed by atoms with Crippen molar-refractivity contribution in [2.24, 2.45) is 11.8 Å². The van der Waals surface area contributed by atoms with Gasteiger partial charge in [0, 0.05) is 39.3 Å². The van der Waals surface area contributed by atoms with Crippen LogP contribution in [0, 0.1) is 11.8 Å². The maximum atomic E-state index is 12.7. The molecule has 1 aliphatic heterocycles. The fourth-order valence-corrected chi connectivity index (χ4v) is 3.76. The van der Waals surface area contributed by atoms with Crippen LogP contribution in [0.15, 0.2) is 36.4 Å². The topological polar surface area (TPSA) is 52.7 Å². The van der Waals surface area contributed by atoms with Crippen molar-refractivity contribution in [3.8, 4) is 0 Å². The number of carbonyl (C=O) groups is 2. The van der Waals surface area contributed by atoms with Crippen LogP contribution in [0.5, 0.6) is 0 Å². The molecular formula is C23H33N3O2. The van der Waals surface area contributed by atoms with Crippen LogP contribution < -0.4 is 5.32 Å². The summed E-state index contributed by atoms with van der Waals surface area (Å²) in [5.74, 6) is 0.0592. The number of unbranched alkanes of at least 4 members (excludes halogenated alkanes) is 2. The van der Waals surface area contributed by atoms with Gasteiger partial charge in [-0.3, -0.25) is 14.5 Å². The van der Waals surface area contributed by atoms with Crippen LogP contribution in [-0.4, -0.2) is 60.9 Å². The third-order valence-corrected chi connectivity index (χ3v) is 5.68. The molecule has 2 unspecified atom stereocenters. The summed E-state index contributed by atoms with van der Waals surface area (Å²) in [6.07, 6.45) is 8.36. The summed E-state index contributed by atoms with van der Waals surface area (Å²) in [4.78, 5) is 29.1. The highest BCUT2D eigenvalue weighted by molar-refractivity contribution is 5.92. The number of carbonyl (C=O) groups excluding carboxylic acids is 2. The molecule has 5 nitrogen and oxygen atoms in total. The van der Waals surface area contributed by atoms with E-state index in [1.165, 1.54) is 5.56 Å². The third-order valence-electron chi connectivity index (χ3n) is 5.68. The Hall–Kier alpha value is -2.14. The van der Waals surface area contributed by atoms with Crippen LogP contribution in [0.1, 0.15) is 38.2 Å². The SMILES string of the molecule is CCCCCNC(=O)C1CC1C(=O)N1CCN(C/C=C/c2ccccc2)CC1. The third kappa shape index (κ3) is 5.93. The second-order valence-corrected chi connectivity index (χ2v) is 7.89. The predicted molar refractivity (Wildman–Crippen MR) is 113 cm³/mol. The zero-order valence-corrected chi connectivity index (χ0v) is 17.0. The molecular weight excluding hydrogens is 350 g/mol. The lowest BCUT2D eigenvalue weighted by Crippen LogP contribution is -2.49. The van der Waals surface area contributed by atoms with E-state index in [0.717, 1.165) is 65.0 Å². The van der Waals surface area contributed by atoms with Crippen LogP contribution in [0.4, 0.5) is 0 Å². The van der Waals surface area contributed by atoms with Gasteiger partial charge >= 0.3 is 0 Å². The Bertz CT molecular complexity index is 666. The van der Waals surface area contributed by atoms with Crippen molar-refractivity contribution in [2.75, 3.05) is 39.3 Å². The number of rotatable bonds is 9. The van der Waals surface area contributed by atoms with Gasteiger partial charge in [0.1, 0.15) is 0 Å². The molecule has 2 fully saturated rings. The van der Waals surface area contributed by atoms with Crippen molar-refractivity contribution in [1.29, 1.82) is 0 Å². The largest absolute Gasteiger partial charge is 0.356 e. The summed E-state index contributed by atoms with van der Waals surface area (Å²) in [6, 6.07) is 10.3. The molecule has 1 saturated carbocycles. The molecule has 1 N–H and O–H groups in total. The monoisotopic (exact) mass is 383 g/mol. The fourth-order valence-electron chi connectivity index (χ4n) is 3.76. The Morgan fingerprint density at radius 3 is 2.54 bits per heavy atom. The van der Waals surface area contributed by atoms with Gasteiger partial charge in [0.2, 0.25) is 11.8 Å². The first kappa shape index (κ1) is 20.6. The highest BCUT2D eigenvalue weighted by Crippen LogP contribution is 2.40. The zero-order chi connectivity index (χ0) is 19.8. The summed E-state index contributed by atoms with van der Waals surface area (Å²) in [7, 11) is 0. The summed E-state index contributed by atoms with van der Waals surface area (Å²) in [5, 5.41) is 2.99. The number of nitrogens with one attached hydrogen (secondary N) is 1. The Kier molecular flexibility index (Phi) is 7.66. The van der Waals surface area contributed by atoms with Crippen molar-refractivity contribution in [3.63, 3.8) is 0 Å². The van der Waals surface area contributed by atoms with Crippen molar-refractivity contribution < 1.29 is 9.59 Å². The molecule has 1 heterocycles. The van der Waals surface area contributed by atoms with Gasteiger partial charge in [-0.25, -0.2) is 0 Å². The van der Waals surface area contributed by atoms with Crippen LogP contribution in [0.3, 0.4) is 0 Å². The lowest BCUT2D eigenvalue weighted by molar-refractivity contribution is -0.136. The summed E-state index contributed by atoms with van der Waals surface area (Å²) >= 11 is 0. The number of amides is 2. The van der Waals surface area contributed by atoms with Crippen molar-refractivity contribution >= 4 is 17.9 Å². The molecule has 152 valence electrons. The first-order chi connectivity index (χ1) is 13.7. The normalized spacial score (nSPS) is 22.4. The maximum Gasteiger partial charge on any atom is 0.226 e. The Labute approximate surface area is 168 Å². The van der Waals surface area contributed by atoms with Crippen LogP contribution >= 0.6 is 0 Å². The van der Waals surface area contributed by atoms with Gasteiger partial charge in [0.15, 0.2) is 0 Å². The van der Waals surface area contributed by atoms with Crippen LogP contribution in [0.25, 0.3) is 6.08 Å². The van der Waals surface area contributed by atoms with E-state index in [0.29, 0.717) is 0 Å². The van der Waals surface area contributed by atoms with E-state index in [4.69, 9.17) is 0 Å². The van der Waals surface area contributed by atoms with E-state index in [2.05, 4.69) is 41.4 Å². The van der Waals surface area contributed by atoms with E-state index in [-0.39, 0.29) is 23.7 Å². The highest BCUT2D eigenvalue weighted by atomic mass is 16.2. The lowest BCUT2D eigenvalue weighted by Gasteiger charge is -2.34. The van der Waals surface area contributed by atoms with Gasteiger partial charge in [-0.2, -0.15) is 0 Å². The molecule has 2 atom stereocenters. The molecule has 28 heavy (non-hydrogen) atoms. The molecule has 0 aromatic heterocycles. The average molecular weight is 384 g/mol. The second kappa shape index (κ2) is 10.4. The first-order valence-corrected chi connectivity index (χ1v) is 10.7. The summed E-state index contributed by atoms with van der Waals surface area (Å²) < 4.78 is 0. The molecule has 1 aliphatic carbocycles. The molecule has 0 radical (unpaired) electrons. The van der Waals surface area contributed by atoms with Gasteiger partial charge in [0.05, 0.1) is 11.8 Å². The van der Waals surface area contributed by atoms with E-state index >= 15 is 0 Å². The minimum atomic E-state index is -0.0963. The Balaban J connectivity index is 1.34. The van der Waals surface area contributed by atoms with Gasteiger partial charge < -0.3 is 10.2 Å². The molecule has 1 aromatic rings. The standard InChI is InChI=1S/C23H33N3O2/c1-2-3-7-12-24-22(27)20-18-21(20)23(28)26-16-14-25(15-17-26)13-8-11-19-9-5-4-6-10-19/h4-6,8-11,20-21H,2-3,7,12-18H2,1H3,(H,24,27)/b11-8+. The molecule has 2 aliphatic rings. The smallest absolute Gasteiger partial charge is 0.226 e. The average Bonchev–Trinajstić information content (AvgIpc) is 3.53. The minimum absolute atomic E-state index is 0.0686. The summed E-state index contributed by atoms with van der Waals surface area (Å²) in [6.45, 7) is 7.11. The molecule has 5 heteroatoms. The van der Waals surface area contributed by atoms with Crippen molar-refractivity contribution in [1.82, 2.24) is 15.1 Å². The number of nitrogens with zero attached hydrogens (tertiary/aromatic N) is 2. The van der Waals surface area contributed by atoms with E-state index in [9.17, 15) is 9.59 Å². The molecule has 0 bridgehead atoms. The number of hydrogen-bond donors (Lipinski definition) is 1. The molecule has 0 spiro atoms. The van der Waals surface area contributed by atoms with Gasteiger partial charge in [0.25, 0.3) is 0 Å². The van der Waals surface area contributed by atoms with Crippen molar-refractivity contribution in [2.45, 2.75) is 32.6 Å². The molecule has 1 aromatic carbocycles. The van der Waals surface area contributed by atoms with E-state index in [1.807, 2.05) is 23.1 Å². The molecule has 3 rings (SSSR count). The van der Waals surface area contributed by atoms with E-state index in [1.54, 1.807) is 0 Å². The Morgan fingerprint density at radius 1 is 1.07 bits per heavy atom. The predicted octanol–water partition coefficient (Wildman–Crippen LogP) is 2.79. The zero-order valence-electron chi connectivity index (χ0n) is 17.0. The van der Waals surface area contributed by atoms with Gasteiger partial charge in [-0.1, -0.05) is 62.2 Å². The number of benzene rings is 1. The van der Waals surface area contributed by atoms with Crippen LogP contribution in [-0.2, 0) is 9.59 Å². The number of hydrogen-bond acceptors (Lipinski definition) is 3. The second-order valence-electron chi connectivity index (χ2n) is 7.89. The Morgan fingerprint density at radius 2 is 1.82 bits per heavy atom. The van der Waals surface area contributed by atoms with Crippen molar-refractivity contribution in [3.05, 3.63) is 42.0 Å². The van der Waals surface area contributed by atoms with Gasteiger partial charge in [-0.15, -0.1) is 0 Å². The number of piperazine rings is 1. The summed E-state index contributed by atoms with van der Waals surface area (Å²) in [5.41, 5.74) is 1.21. The highest BCUT2D eigenvalue weighted by Gasteiger charge is 2.49. The molecule has 1 saturated heterocycles. The van der Waals surface area contributed by atoms with Crippen LogP contribution in [0.2, 0.25) is 0 Å². The minimum Gasteiger partial charge on any atom is -0.356 e. The molecule has 2 amide bonds. The van der Waals surface area contributed by atoms with Gasteiger partial charge in [-0.05, 0) is 18.4 Å². The maximum absolute atomic E-state index is 12.7. The van der Waals surface area contributed by atoms with E-state index < -0.39 is 0 Å².